The predicted octanol–water partition coefficient (Wildman–Crippen LogP) is 12.4. The number of rotatable bonds is 20. The number of pyridine rings is 4. The number of hydrogen-bond acceptors (Lipinski definition) is 20. The zero-order valence-electron chi connectivity index (χ0n) is 60.2. The van der Waals surface area contributed by atoms with Gasteiger partial charge in [-0.1, -0.05) is 121 Å². The molecular weight excluding hydrogens is 1530 g/mol. The lowest BCUT2D eigenvalue weighted by Gasteiger charge is -2.12. The summed E-state index contributed by atoms with van der Waals surface area (Å²) in [6, 6.07) is 56.5. The molecule has 0 aliphatic heterocycles. The van der Waals surface area contributed by atoms with E-state index in [1.54, 1.807) is 64.2 Å². The van der Waals surface area contributed by atoms with E-state index in [-0.39, 0.29) is 25.4 Å². The Kier molecular flexibility index (Phi) is 19.5. The van der Waals surface area contributed by atoms with Gasteiger partial charge in [0.2, 0.25) is 6.20 Å². The second-order valence-electron chi connectivity index (χ2n) is 27.6. The van der Waals surface area contributed by atoms with Crippen LogP contribution in [0.1, 0.15) is 97.3 Å². The van der Waals surface area contributed by atoms with Crippen molar-refractivity contribution in [3.63, 3.8) is 0 Å². The molecule has 30 nitrogen and oxygen atoms in total. The van der Waals surface area contributed by atoms with Crippen molar-refractivity contribution in [1.29, 1.82) is 0 Å². The quantitative estimate of drug-likeness (QED) is 0.0407. The number of sulfonamides is 4. The predicted molar refractivity (Wildman–Crippen MR) is 424 cm³/mol. The molecular formula is C80H68N20O10S4. The summed E-state index contributed by atoms with van der Waals surface area (Å²) < 4.78 is 120. The van der Waals surface area contributed by atoms with Gasteiger partial charge in [0.05, 0.1) is 57.4 Å². The summed E-state index contributed by atoms with van der Waals surface area (Å²) in [6.45, 7) is 0. The number of nitrogens with zero attached hydrogens (tertiary/aromatic N) is 16. The highest BCUT2D eigenvalue weighted by atomic mass is 32.2. The Morgan fingerprint density at radius 2 is 0.614 bits per heavy atom. The molecule has 20 rings (SSSR count). The SMILES string of the molecule is O=S(=O)(Nc1cc(-c2ccccc2)nc2c(C3CC3)cnn12)c1cc[n+]([O-])cc1.O=S(=O)(Nc1cc(-c2ccccc2)nc2c(C3CC3)cnn12)c1ccc[n+]([O-])c1.O=S(=O)(Nc1cc(-c2ccccc2)nc2c(C3CC3)cnn12)c1cccnc1.O=S(=O)(Nc1cc(-c2ccccc2)nc2c(C3CC3)cnn12)c1ccncc1. The lowest BCUT2D eigenvalue weighted by Crippen LogP contribution is -2.27. The molecule has 4 aliphatic carbocycles. The van der Waals surface area contributed by atoms with Crippen LogP contribution in [0.25, 0.3) is 67.6 Å². The fourth-order valence-corrected chi connectivity index (χ4v) is 17.0. The summed E-state index contributed by atoms with van der Waals surface area (Å²) >= 11 is 0. The van der Waals surface area contributed by atoms with E-state index >= 15 is 0 Å². The number of benzene rings is 4. The van der Waals surface area contributed by atoms with Gasteiger partial charge in [-0.3, -0.25) is 28.9 Å². The van der Waals surface area contributed by atoms with Crippen molar-refractivity contribution in [3.05, 3.63) is 301 Å². The zero-order valence-corrected chi connectivity index (χ0v) is 63.5. The number of aromatic nitrogens is 16. The van der Waals surface area contributed by atoms with Gasteiger partial charge in [0.25, 0.3) is 40.1 Å². The number of hydrogen-bond donors (Lipinski definition) is 4. The summed E-state index contributed by atoms with van der Waals surface area (Å²) in [5.41, 5.74) is 13.1. The first kappa shape index (κ1) is 73.4. The van der Waals surface area contributed by atoms with Crippen LogP contribution in [-0.4, -0.2) is 102 Å². The fraction of sp³-hybridized carbons (Fsp3) is 0.150. The average molecular weight is 1600 g/mol. The van der Waals surface area contributed by atoms with E-state index in [4.69, 9.17) is 19.9 Å². The van der Waals surface area contributed by atoms with Gasteiger partial charge in [-0.25, -0.2) is 53.6 Å². The summed E-state index contributed by atoms with van der Waals surface area (Å²) in [5, 5.41) is 40.3. The molecule has 0 saturated heterocycles. The normalized spacial score (nSPS) is 14.2. The molecule has 12 heterocycles. The second kappa shape index (κ2) is 30.3. The molecule has 12 aromatic heterocycles. The second-order valence-corrected chi connectivity index (χ2v) is 34.3. The molecule has 0 bridgehead atoms. The molecule has 4 saturated carbocycles. The van der Waals surface area contributed by atoms with E-state index in [0.29, 0.717) is 96.0 Å². The van der Waals surface area contributed by atoms with Crippen LogP contribution in [-0.2, 0) is 40.1 Å². The Labute approximate surface area is 653 Å². The zero-order chi connectivity index (χ0) is 78.3. The highest BCUT2D eigenvalue weighted by Gasteiger charge is 2.34. The minimum absolute atomic E-state index is 0.00889. The molecule has 4 fully saturated rings. The Morgan fingerprint density at radius 3 is 0.921 bits per heavy atom. The van der Waals surface area contributed by atoms with E-state index in [1.165, 1.54) is 82.5 Å². The van der Waals surface area contributed by atoms with Gasteiger partial charge in [0, 0.05) is 112 Å². The molecule has 0 unspecified atom stereocenters. The Morgan fingerprint density at radius 1 is 0.307 bits per heavy atom. The molecule has 572 valence electrons. The Balaban J connectivity index is 0.000000110. The topological polar surface area (TPSA) is 385 Å². The van der Waals surface area contributed by atoms with Gasteiger partial charge < -0.3 is 10.4 Å². The van der Waals surface area contributed by atoms with Crippen molar-refractivity contribution in [3.8, 4) is 45.0 Å². The molecule has 0 atom stereocenters. The molecule has 4 aromatic carbocycles. The van der Waals surface area contributed by atoms with Crippen LogP contribution in [0.15, 0.2) is 288 Å². The van der Waals surface area contributed by atoms with Gasteiger partial charge in [-0.2, -0.15) is 47.9 Å². The van der Waals surface area contributed by atoms with Crippen molar-refractivity contribution in [2.24, 2.45) is 0 Å². The molecule has 114 heavy (non-hydrogen) atoms. The molecule has 34 heteroatoms. The fourth-order valence-electron chi connectivity index (χ4n) is 12.9. The van der Waals surface area contributed by atoms with Crippen LogP contribution in [0.2, 0.25) is 0 Å². The third kappa shape index (κ3) is 15.9. The summed E-state index contributed by atoms with van der Waals surface area (Å²) in [6.07, 6.45) is 26.1. The molecule has 0 radical (unpaired) electrons. The van der Waals surface area contributed by atoms with Crippen LogP contribution >= 0.6 is 0 Å². The number of anilines is 4. The van der Waals surface area contributed by atoms with Gasteiger partial charge >= 0.3 is 0 Å². The average Bonchev–Trinajstić information content (AvgIpc) is 1.64. The van der Waals surface area contributed by atoms with Crippen LogP contribution < -0.4 is 28.3 Å². The van der Waals surface area contributed by atoms with E-state index in [1.807, 2.05) is 121 Å². The van der Waals surface area contributed by atoms with Crippen molar-refractivity contribution in [2.75, 3.05) is 18.9 Å². The largest absolute Gasteiger partial charge is 0.619 e. The van der Waals surface area contributed by atoms with Gasteiger partial charge in [0.1, 0.15) is 28.2 Å². The smallest absolute Gasteiger partial charge is 0.269 e. The number of nitrogens with one attached hydrogen (secondary N) is 4. The maximum absolute atomic E-state index is 12.9. The highest BCUT2D eigenvalue weighted by Crippen LogP contribution is 2.46. The maximum Gasteiger partial charge on any atom is 0.269 e. The first-order chi connectivity index (χ1) is 55.3. The lowest BCUT2D eigenvalue weighted by molar-refractivity contribution is -0.607. The van der Waals surface area contributed by atoms with Crippen LogP contribution in [0.5, 0.6) is 0 Å². The maximum atomic E-state index is 12.9. The monoisotopic (exact) mass is 1600 g/mol. The third-order valence-corrected chi connectivity index (χ3v) is 24.8. The van der Waals surface area contributed by atoms with E-state index in [2.05, 4.69) is 49.3 Å². The third-order valence-electron chi connectivity index (χ3n) is 19.3. The number of fused-ring (bicyclic) bond motifs is 4. The van der Waals surface area contributed by atoms with E-state index in [0.717, 1.165) is 114 Å². The van der Waals surface area contributed by atoms with Crippen LogP contribution in [0.4, 0.5) is 23.3 Å². The molecule has 16 aromatic rings. The molecule has 0 spiro atoms. The van der Waals surface area contributed by atoms with E-state index < -0.39 is 40.1 Å². The van der Waals surface area contributed by atoms with Crippen LogP contribution in [0.3, 0.4) is 0 Å². The summed E-state index contributed by atoms with van der Waals surface area (Å²) in [4.78, 5) is 27.0. The van der Waals surface area contributed by atoms with Crippen molar-refractivity contribution in [2.45, 2.75) is 94.6 Å². The first-order valence-electron chi connectivity index (χ1n) is 36.3. The standard InChI is InChI=1S/2C20H17N5O3S.2C20H17N5O2S/c26-24-10-4-7-16(13-24)29(27,28)23-19-11-18(15-5-2-1-3-6-15)22-20-17(14-8-9-14)12-21-25(19)20;26-24-10-8-16(9-11-24)29(27,28)23-19-12-18(15-4-2-1-3-5-15)22-20-17(14-6-7-14)13-21-25(19)20;26-28(27,16-7-4-10-21-12-16)24-19-11-18(15-5-2-1-3-6-15)23-20-17(14-8-9-14)13-22-25(19)20;26-28(27,16-8-10-21-11-9-16)24-19-12-18(15-4-2-1-3-5-15)23-20-17(14-6-7-14)13-22-25(19)20/h1-7,10-14,23H,8-9H2;1-5,8-14,23H,6-7H2;1-7,10-14,24H,8-9H2;1-5,8-14,24H,6-7H2. The first-order valence-corrected chi connectivity index (χ1v) is 42.2. The van der Waals surface area contributed by atoms with Crippen molar-refractivity contribution >= 4 is 86.0 Å². The van der Waals surface area contributed by atoms with Crippen molar-refractivity contribution in [1.82, 2.24) is 68.4 Å². The lowest BCUT2D eigenvalue weighted by atomic mass is 10.1. The van der Waals surface area contributed by atoms with Crippen LogP contribution in [0, 0.1) is 10.4 Å². The van der Waals surface area contributed by atoms with Gasteiger partial charge in [0.15, 0.2) is 46.1 Å². The summed E-state index contributed by atoms with van der Waals surface area (Å²) in [7, 11) is -15.5. The molecule has 4 aliphatic rings. The van der Waals surface area contributed by atoms with Crippen molar-refractivity contribution < 1.29 is 43.1 Å². The highest BCUT2D eigenvalue weighted by molar-refractivity contribution is 7.93. The van der Waals surface area contributed by atoms with E-state index in [9.17, 15) is 44.1 Å². The Hall–Kier alpha value is -13.4. The Bertz CT molecular complexity index is 6540. The van der Waals surface area contributed by atoms with Gasteiger partial charge in [-0.05, 0) is 105 Å². The minimum atomic E-state index is -3.98. The van der Waals surface area contributed by atoms with Gasteiger partial charge in [-0.15, -0.1) is 0 Å². The molecule has 0 amide bonds. The summed E-state index contributed by atoms with van der Waals surface area (Å²) in [5.74, 6) is 2.97. The minimum Gasteiger partial charge on any atom is -0.619 e. The molecule has 4 N–H and O–H groups in total.